The molecule has 1 aliphatic rings. The topological polar surface area (TPSA) is 110 Å². The summed E-state index contributed by atoms with van der Waals surface area (Å²) in [6.45, 7) is 1.76. The molecular weight excluding hydrogens is 266 g/mol. The SMILES string of the molecule is Nc1ccc(S(N)(=O)=O)cc1N1CCC(CCO)C1. The summed E-state index contributed by atoms with van der Waals surface area (Å²) in [5.41, 5.74) is 7.15. The molecule has 5 N–H and O–H groups in total. The Bertz CT molecular complexity index is 559. The van der Waals surface area contributed by atoms with Gasteiger partial charge in [0.15, 0.2) is 0 Å². The van der Waals surface area contributed by atoms with Crippen LogP contribution in [-0.2, 0) is 10.0 Å². The third kappa shape index (κ3) is 3.17. The first-order valence-electron chi connectivity index (χ1n) is 6.20. The zero-order chi connectivity index (χ0) is 14.0. The summed E-state index contributed by atoms with van der Waals surface area (Å²) in [4.78, 5) is 2.12. The maximum atomic E-state index is 11.4. The van der Waals surface area contributed by atoms with Crippen molar-refractivity contribution >= 4 is 21.4 Å². The number of nitrogens with two attached hydrogens (primary N) is 2. The molecule has 1 aliphatic heterocycles. The predicted octanol–water partition coefficient (Wildman–Crippen LogP) is 0.125. The summed E-state index contributed by atoms with van der Waals surface area (Å²) < 4.78 is 22.7. The summed E-state index contributed by atoms with van der Waals surface area (Å²) in [5, 5.41) is 14.1. The molecule has 19 heavy (non-hydrogen) atoms. The molecular formula is C12H19N3O3S. The van der Waals surface area contributed by atoms with Gasteiger partial charge in [0.05, 0.1) is 16.3 Å². The number of nitrogen functional groups attached to an aromatic ring is 1. The molecule has 0 aliphatic carbocycles. The lowest BCUT2D eigenvalue weighted by Crippen LogP contribution is -2.22. The maximum absolute atomic E-state index is 11.4. The predicted molar refractivity (Wildman–Crippen MR) is 74.3 cm³/mol. The van der Waals surface area contributed by atoms with Crippen LogP contribution in [0.5, 0.6) is 0 Å². The lowest BCUT2D eigenvalue weighted by Gasteiger charge is -2.21. The molecule has 1 unspecified atom stereocenters. The average Bonchev–Trinajstić information content (AvgIpc) is 2.77. The van der Waals surface area contributed by atoms with E-state index in [4.69, 9.17) is 16.0 Å². The van der Waals surface area contributed by atoms with E-state index in [9.17, 15) is 8.42 Å². The van der Waals surface area contributed by atoms with Gasteiger partial charge in [0.1, 0.15) is 0 Å². The van der Waals surface area contributed by atoms with Gasteiger partial charge in [-0.2, -0.15) is 0 Å². The van der Waals surface area contributed by atoms with Gasteiger partial charge < -0.3 is 15.7 Å². The number of sulfonamides is 1. The molecule has 1 heterocycles. The van der Waals surface area contributed by atoms with Crippen LogP contribution in [0.4, 0.5) is 11.4 Å². The second-order valence-electron chi connectivity index (χ2n) is 4.88. The quantitative estimate of drug-likeness (QED) is 0.681. The van der Waals surface area contributed by atoms with E-state index in [0.29, 0.717) is 17.3 Å². The van der Waals surface area contributed by atoms with Crippen LogP contribution in [0.25, 0.3) is 0 Å². The molecule has 1 aromatic rings. The number of anilines is 2. The molecule has 1 saturated heterocycles. The number of benzene rings is 1. The lowest BCUT2D eigenvalue weighted by molar-refractivity contribution is 0.263. The van der Waals surface area contributed by atoms with Crippen molar-refractivity contribution in [2.75, 3.05) is 30.3 Å². The van der Waals surface area contributed by atoms with Crippen molar-refractivity contribution in [3.8, 4) is 0 Å². The maximum Gasteiger partial charge on any atom is 0.238 e. The van der Waals surface area contributed by atoms with E-state index in [1.807, 2.05) is 4.90 Å². The Morgan fingerprint density at radius 1 is 1.42 bits per heavy atom. The Kier molecular flexibility index (Phi) is 3.98. The van der Waals surface area contributed by atoms with Crippen molar-refractivity contribution in [1.82, 2.24) is 0 Å². The third-order valence-electron chi connectivity index (χ3n) is 3.49. The van der Waals surface area contributed by atoms with Crippen LogP contribution in [0.15, 0.2) is 23.1 Å². The van der Waals surface area contributed by atoms with Crippen molar-refractivity contribution in [1.29, 1.82) is 0 Å². The van der Waals surface area contributed by atoms with Crippen LogP contribution in [-0.4, -0.2) is 33.2 Å². The fraction of sp³-hybridized carbons (Fsp3) is 0.500. The van der Waals surface area contributed by atoms with E-state index in [2.05, 4.69) is 0 Å². The van der Waals surface area contributed by atoms with Crippen molar-refractivity contribution in [3.63, 3.8) is 0 Å². The van der Waals surface area contributed by atoms with Crippen LogP contribution in [0, 0.1) is 5.92 Å². The monoisotopic (exact) mass is 285 g/mol. The van der Waals surface area contributed by atoms with E-state index in [1.54, 1.807) is 6.07 Å². The van der Waals surface area contributed by atoms with Gasteiger partial charge in [-0.3, -0.25) is 0 Å². The Labute approximate surface area is 113 Å². The van der Waals surface area contributed by atoms with E-state index in [-0.39, 0.29) is 11.5 Å². The van der Waals surface area contributed by atoms with Gasteiger partial charge in [0.2, 0.25) is 10.0 Å². The van der Waals surface area contributed by atoms with Gasteiger partial charge in [-0.05, 0) is 37.0 Å². The summed E-state index contributed by atoms with van der Waals surface area (Å²) in [7, 11) is -3.72. The molecule has 6 nitrogen and oxygen atoms in total. The molecule has 1 aromatic carbocycles. The number of hydrogen-bond acceptors (Lipinski definition) is 5. The molecule has 0 amide bonds. The number of primary sulfonamides is 1. The smallest absolute Gasteiger partial charge is 0.238 e. The zero-order valence-corrected chi connectivity index (χ0v) is 11.4. The lowest BCUT2D eigenvalue weighted by atomic mass is 10.1. The molecule has 0 bridgehead atoms. The van der Waals surface area contributed by atoms with Gasteiger partial charge >= 0.3 is 0 Å². The Hall–Kier alpha value is -1.31. The molecule has 0 aromatic heterocycles. The number of aliphatic hydroxyl groups is 1. The molecule has 1 fully saturated rings. The Balaban J connectivity index is 2.25. The van der Waals surface area contributed by atoms with Crippen LogP contribution < -0.4 is 15.8 Å². The number of aliphatic hydroxyl groups excluding tert-OH is 1. The van der Waals surface area contributed by atoms with E-state index >= 15 is 0 Å². The minimum Gasteiger partial charge on any atom is -0.397 e. The van der Waals surface area contributed by atoms with Gasteiger partial charge in [-0.1, -0.05) is 0 Å². The van der Waals surface area contributed by atoms with Crippen molar-refractivity contribution in [2.45, 2.75) is 17.7 Å². The van der Waals surface area contributed by atoms with Crippen molar-refractivity contribution < 1.29 is 13.5 Å². The van der Waals surface area contributed by atoms with Crippen LogP contribution >= 0.6 is 0 Å². The summed E-state index contributed by atoms with van der Waals surface area (Å²) >= 11 is 0. The van der Waals surface area contributed by atoms with Crippen molar-refractivity contribution in [2.24, 2.45) is 11.1 Å². The fourth-order valence-electron chi connectivity index (χ4n) is 2.44. The third-order valence-corrected chi connectivity index (χ3v) is 4.41. The van der Waals surface area contributed by atoms with Crippen molar-refractivity contribution in [3.05, 3.63) is 18.2 Å². The first-order chi connectivity index (χ1) is 8.91. The highest BCUT2D eigenvalue weighted by Gasteiger charge is 2.24. The van der Waals surface area contributed by atoms with Crippen LogP contribution in [0.3, 0.4) is 0 Å². The van der Waals surface area contributed by atoms with Gasteiger partial charge in [0.25, 0.3) is 0 Å². The second-order valence-corrected chi connectivity index (χ2v) is 6.44. The molecule has 1 atom stereocenters. The number of rotatable bonds is 4. The van der Waals surface area contributed by atoms with Crippen LogP contribution in [0.1, 0.15) is 12.8 Å². The fourth-order valence-corrected chi connectivity index (χ4v) is 2.98. The summed E-state index contributed by atoms with van der Waals surface area (Å²) in [6.07, 6.45) is 1.73. The highest BCUT2D eigenvalue weighted by atomic mass is 32.2. The Morgan fingerprint density at radius 2 is 2.16 bits per heavy atom. The standard InChI is InChI=1S/C12H19N3O3S/c13-11-2-1-10(19(14,17)18)7-12(11)15-5-3-9(8-15)4-6-16/h1-2,7,9,16H,3-6,8,13H2,(H2,14,17,18). The van der Waals surface area contributed by atoms with E-state index < -0.39 is 10.0 Å². The first kappa shape index (κ1) is 14.1. The molecule has 2 rings (SSSR count). The largest absolute Gasteiger partial charge is 0.397 e. The average molecular weight is 285 g/mol. The van der Waals surface area contributed by atoms with E-state index in [0.717, 1.165) is 25.9 Å². The minimum absolute atomic E-state index is 0.0716. The number of hydrogen-bond donors (Lipinski definition) is 3. The highest BCUT2D eigenvalue weighted by Crippen LogP contribution is 2.31. The van der Waals surface area contributed by atoms with Gasteiger partial charge in [-0.15, -0.1) is 0 Å². The molecule has 7 heteroatoms. The van der Waals surface area contributed by atoms with Crippen LogP contribution in [0.2, 0.25) is 0 Å². The normalized spacial score (nSPS) is 19.9. The molecule has 0 saturated carbocycles. The zero-order valence-electron chi connectivity index (χ0n) is 10.6. The molecule has 106 valence electrons. The second kappa shape index (κ2) is 5.36. The number of nitrogens with zero attached hydrogens (tertiary/aromatic N) is 1. The Morgan fingerprint density at radius 3 is 2.79 bits per heavy atom. The summed E-state index contributed by atoms with van der Waals surface area (Å²) in [5.74, 6) is 0.419. The van der Waals surface area contributed by atoms with Gasteiger partial charge in [0, 0.05) is 19.7 Å². The molecule has 0 radical (unpaired) electrons. The van der Waals surface area contributed by atoms with E-state index in [1.165, 1.54) is 12.1 Å². The van der Waals surface area contributed by atoms with Gasteiger partial charge in [-0.25, -0.2) is 13.6 Å². The highest BCUT2D eigenvalue weighted by molar-refractivity contribution is 7.89. The first-order valence-corrected chi connectivity index (χ1v) is 7.74. The minimum atomic E-state index is -3.72. The molecule has 0 spiro atoms. The summed E-state index contributed by atoms with van der Waals surface area (Å²) in [6, 6.07) is 4.50.